The average molecular weight is 265 g/mol. The lowest BCUT2D eigenvalue weighted by molar-refractivity contribution is 0.257. The summed E-state index contributed by atoms with van der Waals surface area (Å²) in [7, 11) is 2.21. The lowest BCUT2D eigenvalue weighted by Gasteiger charge is -2.25. The molecule has 1 aromatic rings. The maximum atomic E-state index is 6.12. The highest BCUT2D eigenvalue weighted by molar-refractivity contribution is 5.64. The first-order chi connectivity index (χ1) is 8.91. The quantitative estimate of drug-likeness (QED) is 0.828. The fourth-order valence-electron chi connectivity index (χ4n) is 2.34. The molecule has 5 nitrogen and oxygen atoms in total. The van der Waals surface area contributed by atoms with Crippen molar-refractivity contribution in [3.8, 4) is 0 Å². The van der Waals surface area contributed by atoms with E-state index in [2.05, 4.69) is 43.1 Å². The van der Waals surface area contributed by atoms with Crippen LogP contribution >= 0.6 is 0 Å². The topological polar surface area (TPSA) is 59.1 Å². The van der Waals surface area contributed by atoms with Gasteiger partial charge in [0.1, 0.15) is 5.82 Å². The normalized spacial score (nSPS) is 17.2. The van der Waals surface area contributed by atoms with Crippen molar-refractivity contribution in [1.82, 2.24) is 14.7 Å². The molecule has 0 amide bonds. The second-order valence-corrected chi connectivity index (χ2v) is 6.01. The molecule has 1 fully saturated rings. The van der Waals surface area contributed by atoms with Gasteiger partial charge in [-0.25, -0.2) is 4.68 Å². The number of likely N-dealkylation sites (N-methyl/N-ethyl adjacent to an activating group) is 1. The summed E-state index contributed by atoms with van der Waals surface area (Å²) in [4.78, 5) is 2.45. The summed E-state index contributed by atoms with van der Waals surface area (Å²) in [5.41, 5.74) is 7.79. The van der Waals surface area contributed by atoms with E-state index < -0.39 is 0 Å². The maximum Gasteiger partial charge on any atom is 0.148 e. The van der Waals surface area contributed by atoms with Crippen molar-refractivity contribution in [2.24, 2.45) is 0 Å². The van der Waals surface area contributed by atoms with Crippen molar-refractivity contribution in [2.75, 3.05) is 24.6 Å². The second-order valence-electron chi connectivity index (χ2n) is 6.01. The number of aromatic nitrogens is 2. The van der Waals surface area contributed by atoms with Crippen LogP contribution in [0.25, 0.3) is 0 Å². The van der Waals surface area contributed by atoms with Crippen LogP contribution in [0.5, 0.6) is 0 Å². The standard InChI is InChI=1S/C14H27N5/c1-9(2)19-14(13(15)11(4)17-19)16-8-10(3)18(5)12-6-7-12/h9-10,12,16H,6-8,15H2,1-5H3. The van der Waals surface area contributed by atoms with Gasteiger partial charge in [0.25, 0.3) is 0 Å². The Morgan fingerprint density at radius 3 is 2.58 bits per heavy atom. The number of anilines is 2. The maximum absolute atomic E-state index is 6.12. The van der Waals surface area contributed by atoms with Crippen molar-refractivity contribution in [1.29, 1.82) is 0 Å². The van der Waals surface area contributed by atoms with Gasteiger partial charge in [0.15, 0.2) is 0 Å². The van der Waals surface area contributed by atoms with E-state index in [0.717, 1.165) is 29.8 Å². The minimum absolute atomic E-state index is 0.315. The van der Waals surface area contributed by atoms with E-state index in [1.807, 2.05) is 11.6 Å². The largest absolute Gasteiger partial charge is 0.394 e. The molecule has 1 aromatic heterocycles. The molecule has 0 aromatic carbocycles. The molecule has 1 heterocycles. The summed E-state index contributed by atoms with van der Waals surface area (Å²) in [6.45, 7) is 9.35. The predicted molar refractivity (Wildman–Crippen MR) is 80.5 cm³/mol. The summed E-state index contributed by atoms with van der Waals surface area (Å²) in [5, 5.41) is 7.98. The van der Waals surface area contributed by atoms with Gasteiger partial charge in [-0.2, -0.15) is 5.10 Å². The van der Waals surface area contributed by atoms with Crippen LogP contribution in [-0.2, 0) is 0 Å². The predicted octanol–water partition coefficient (Wildman–Crippen LogP) is 2.25. The monoisotopic (exact) mass is 265 g/mol. The Labute approximate surface area is 116 Å². The Hall–Kier alpha value is -1.23. The Morgan fingerprint density at radius 1 is 1.42 bits per heavy atom. The molecular weight excluding hydrogens is 238 g/mol. The highest BCUT2D eigenvalue weighted by atomic mass is 15.4. The molecule has 1 saturated carbocycles. The van der Waals surface area contributed by atoms with Gasteiger partial charge < -0.3 is 11.1 Å². The van der Waals surface area contributed by atoms with Crippen LogP contribution in [0, 0.1) is 6.92 Å². The number of hydrogen-bond donors (Lipinski definition) is 2. The molecule has 19 heavy (non-hydrogen) atoms. The molecule has 1 unspecified atom stereocenters. The zero-order chi connectivity index (χ0) is 14.2. The summed E-state index contributed by atoms with van der Waals surface area (Å²) in [6.07, 6.45) is 2.68. The molecule has 2 rings (SSSR count). The summed E-state index contributed by atoms with van der Waals surface area (Å²) in [5.74, 6) is 0.962. The van der Waals surface area contributed by atoms with Crippen molar-refractivity contribution in [2.45, 2.75) is 58.7 Å². The molecule has 1 atom stereocenters. The first-order valence-electron chi connectivity index (χ1n) is 7.22. The fourth-order valence-corrected chi connectivity index (χ4v) is 2.34. The number of nitrogens with one attached hydrogen (secondary N) is 1. The third-order valence-electron chi connectivity index (χ3n) is 4.00. The van der Waals surface area contributed by atoms with Crippen LogP contribution < -0.4 is 11.1 Å². The zero-order valence-electron chi connectivity index (χ0n) is 12.8. The molecule has 0 aliphatic heterocycles. The highest BCUT2D eigenvalue weighted by Gasteiger charge is 2.29. The van der Waals surface area contributed by atoms with Crippen LogP contribution in [-0.4, -0.2) is 40.4 Å². The fraction of sp³-hybridized carbons (Fsp3) is 0.786. The van der Waals surface area contributed by atoms with Gasteiger partial charge in [-0.05, 0) is 47.6 Å². The number of aryl methyl sites for hydroxylation is 1. The van der Waals surface area contributed by atoms with Gasteiger partial charge in [-0.15, -0.1) is 0 Å². The lowest BCUT2D eigenvalue weighted by atomic mass is 10.3. The van der Waals surface area contributed by atoms with Crippen molar-refractivity contribution >= 4 is 11.5 Å². The molecule has 0 radical (unpaired) electrons. The van der Waals surface area contributed by atoms with Crippen LogP contribution in [0.4, 0.5) is 11.5 Å². The highest BCUT2D eigenvalue weighted by Crippen LogP contribution is 2.28. The molecule has 108 valence electrons. The molecule has 1 aliphatic carbocycles. The summed E-state index contributed by atoms with van der Waals surface area (Å²) < 4.78 is 1.98. The van der Waals surface area contributed by atoms with Crippen LogP contribution in [0.2, 0.25) is 0 Å². The minimum Gasteiger partial charge on any atom is -0.394 e. The first kappa shape index (κ1) is 14.2. The molecule has 3 N–H and O–H groups in total. The Balaban J connectivity index is 2.02. The van der Waals surface area contributed by atoms with E-state index in [1.165, 1.54) is 12.8 Å². The van der Waals surface area contributed by atoms with Gasteiger partial charge in [0, 0.05) is 24.7 Å². The molecule has 0 saturated heterocycles. The Morgan fingerprint density at radius 2 is 2.05 bits per heavy atom. The SMILES string of the molecule is Cc1nn(C(C)C)c(NCC(C)N(C)C2CC2)c1N. The van der Waals surface area contributed by atoms with E-state index in [1.54, 1.807) is 0 Å². The van der Waals surface area contributed by atoms with Gasteiger partial charge >= 0.3 is 0 Å². The molecule has 0 spiro atoms. The van der Waals surface area contributed by atoms with Crippen molar-refractivity contribution in [3.05, 3.63) is 5.69 Å². The van der Waals surface area contributed by atoms with E-state index >= 15 is 0 Å². The van der Waals surface area contributed by atoms with Gasteiger partial charge in [0.2, 0.25) is 0 Å². The number of nitrogen functional groups attached to an aromatic ring is 1. The number of hydrogen-bond acceptors (Lipinski definition) is 4. The Kier molecular flexibility index (Phi) is 4.04. The van der Waals surface area contributed by atoms with Crippen molar-refractivity contribution < 1.29 is 0 Å². The van der Waals surface area contributed by atoms with E-state index in [-0.39, 0.29) is 0 Å². The van der Waals surface area contributed by atoms with E-state index in [4.69, 9.17) is 5.73 Å². The first-order valence-corrected chi connectivity index (χ1v) is 7.22. The molecule has 1 aliphatic rings. The van der Waals surface area contributed by atoms with Gasteiger partial charge in [-0.1, -0.05) is 0 Å². The zero-order valence-corrected chi connectivity index (χ0v) is 12.8. The number of nitrogens with zero attached hydrogens (tertiary/aromatic N) is 3. The average Bonchev–Trinajstić information content (AvgIpc) is 3.15. The van der Waals surface area contributed by atoms with E-state index in [0.29, 0.717) is 12.1 Å². The number of rotatable bonds is 6. The number of nitrogens with two attached hydrogens (primary N) is 1. The lowest BCUT2D eigenvalue weighted by Crippen LogP contribution is -2.36. The van der Waals surface area contributed by atoms with Crippen LogP contribution in [0.1, 0.15) is 45.3 Å². The van der Waals surface area contributed by atoms with Crippen LogP contribution in [0.3, 0.4) is 0 Å². The van der Waals surface area contributed by atoms with Gasteiger partial charge in [-0.3, -0.25) is 4.90 Å². The molecule has 0 bridgehead atoms. The third kappa shape index (κ3) is 3.03. The Bertz CT molecular complexity index is 433. The minimum atomic E-state index is 0.315. The smallest absolute Gasteiger partial charge is 0.148 e. The summed E-state index contributed by atoms with van der Waals surface area (Å²) in [6, 6.07) is 1.60. The summed E-state index contributed by atoms with van der Waals surface area (Å²) >= 11 is 0. The van der Waals surface area contributed by atoms with Gasteiger partial charge in [0.05, 0.1) is 11.4 Å². The van der Waals surface area contributed by atoms with Crippen LogP contribution in [0.15, 0.2) is 0 Å². The second kappa shape index (κ2) is 5.41. The molecular formula is C14H27N5. The van der Waals surface area contributed by atoms with Crippen molar-refractivity contribution in [3.63, 3.8) is 0 Å². The molecule has 5 heteroatoms. The third-order valence-corrected chi connectivity index (χ3v) is 4.00. The van der Waals surface area contributed by atoms with E-state index in [9.17, 15) is 0 Å².